The average molecular weight is 281 g/mol. The first-order valence-corrected chi connectivity index (χ1v) is 6.70. The number of amidine groups is 1. The highest BCUT2D eigenvalue weighted by molar-refractivity contribution is 6.30. The molecule has 0 amide bonds. The smallest absolute Gasteiger partial charge is 0.131 e. The number of nitrogens with zero attached hydrogens (tertiary/aromatic N) is 1. The van der Waals surface area contributed by atoms with Gasteiger partial charge in [-0.05, 0) is 35.7 Å². The Morgan fingerprint density at radius 1 is 0.850 bits per heavy atom. The van der Waals surface area contributed by atoms with E-state index in [1.807, 2.05) is 54.6 Å². The molecular weight excluding hydrogens is 268 g/mol. The molecule has 0 fully saturated rings. The van der Waals surface area contributed by atoms with Crippen LogP contribution in [0.3, 0.4) is 0 Å². The molecule has 0 spiro atoms. The molecule has 3 aromatic rings. The summed E-state index contributed by atoms with van der Waals surface area (Å²) in [6, 6.07) is 21.5. The lowest BCUT2D eigenvalue weighted by Crippen LogP contribution is -2.12. The second-order valence-electron chi connectivity index (χ2n) is 4.50. The topological polar surface area (TPSA) is 38.4 Å². The fraction of sp³-hybridized carbons (Fsp3) is 0. The number of fused-ring (bicyclic) bond motifs is 1. The van der Waals surface area contributed by atoms with Gasteiger partial charge in [-0.2, -0.15) is 0 Å². The van der Waals surface area contributed by atoms with Gasteiger partial charge in [-0.3, -0.25) is 0 Å². The van der Waals surface area contributed by atoms with Crippen LogP contribution in [0.5, 0.6) is 0 Å². The van der Waals surface area contributed by atoms with E-state index in [1.54, 1.807) is 0 Å². The number of rotatable bonds is 2. The van der Waals surface area contributed by atoms with Crippen molar-refractivity contribution >= 4 is 33.9 Å². The summed E-state index contributed by atoms with van der Waals surface area (Å²) in [7, 11) is 0. The monoisotopic (exact) mass is 280 g/mol. The lowest BCUT2D eigenvalue weighted by Gasteiger charge is -2.04. The van der Waals surface area contributed by atoms with Gasteiger partial charge in [-0.1, -0.05) is 48.0 Å². The first-order valence-electron chi connectivity index (χ1n) is 6.32. The molecule has 3 aromatic carbocycles. The number of aliphatic imine (C=N–C) groups is 1. The van der Waals surface area contributed by atoms with Gasteiger partial charge in [0, 0.05) is 16.0 Å². The van der Waals surface area contributed by atoms with Crippen LogP contribution in [0.15, 0.2) is 71.7 Å². The molecule has 0 aliphatic carbocycles. The predicted octanol–water partition coefficient (Wildman–Crippen LogP) is 4.53. The van der Waals surface area contributed by atoms with E-state index in [-0.39, 0.29) is 0 Å². The summed E-state index contributed by atoms with van der Waals surface area (Å²) >= 11 is 5.87. The summed E-state index contributed by atoms with van der Waals surface area (Å²) in [5, 5.41) is 2.93. The normalized spacial score (nSPS) is 11.8. The van der Waals surface area contributed by atoms with Gasteiger partial charge in [0.15, 0.2) is 0 Å². The van der Waals surface area contributed by atoms with Crippen LogP contribution in [0, 0.1) is 0 Å². The van der Waals surface area contributed by atoms with Crippen LogP contribution in [0.2, 0.25) is 5.02 Å². The van der Waals surface area contributed by atoms with Crippen molar-refractivity contribution in [2.45, 2.75) is 0 Å². The van der Waals surface area contributed by atoms with Crippen molar-refractivity contribution in [2.24, 2.45) is 10.7 Å². The van der Waals surface area contributed by atoms with Crippen LogP contribution in [0.1, 0.15) is 5.56 Å². The van der Waals surface area contributed by atoms with E-state index in [0.717, 1.165) is 22.0 Å². The molecule has 0 aliphatic rings. The van der Waals surface area contributed by atoms with E-state index >= 15 is 0 Å². The second-order valence-corrected chi connectivity index (χ2v) is 4.94. The van der Waals surface area contributed by atoms with E-state index < -0.39 is 0 Å². The Morgan fingerprint density at radius 2 is 1.55 bits per heavy atom. The summed E-state index contributed by atoms with van der Waals surface area (Å²) in [5.74, 6) is 0.484. The van der Waals surface area contributed by atoms with Gasteiger partial charge >= 0.3 is 0 Å². The van der Waals surface area contributed by atoms with Crippen molar-refractivity contribution in [2.75, 3.05) is 0 Å². The molecule has 20 heavy (non-hydrogen) atoms. The number of benzene rings is 3. The minimum atomic E-state index is 0.484. The highest BCUT2D eigenvalue weighted by atomic mass is 35.5. The molecule has 0 atom stereocenters. The fourth-order valence-corrected chi connectivity index (χ4v) is 2.25. The van der Waals surface area contributed by atoms with Crippen LogP contribution in [0.4, 0.5) is 5.69 Å². The van der Waals surface area contributed by atoms with Gasteiger partial charge in [0.2, 0.25) is 0 Å². The van der Waals surface area contributed by atoms with Gasteiger partial charge in [-0.25, -0.2) is 4.99 Å². The van der Waals surface area contributed by atoms with Crippen molar-refractivity contribution in [3.63, 3.8) is 0 Å². The predicted molar refractivity (Wildman–Crippen MR) is 85.8 cm³/mol. The minimum absolute atomic E-state index is 0.484. The number of hydrogen-bond donors (Lipinski definition) is 1. The third kappa shape index (κ3) is 2.51. The summed E-state index contributed by atoms with van der Waals surface area (Å²) in [6.45, 7) is 0. The Hall–Kier alpha value is -2.32. The maximum atomic E-state index is 6.08. The first-order chi connectivity index (χ1) is 9.74. The number of halogens is 1. The average Bonchev–Trinajstić information content (AvgIpc) is 2.48. The zero-order valence-electron chi connectivity index (χ0n) is 10.8. The maximum absolute atomic E-state index is 6.08. The molecule has 0 unspecified atom stereocenters. The van der Waals surface area contributed by atoms with E-state index in [0.29, 0.717) is 10.9 Å². The van der Waals surface area contributed by atoms with Crippen LogP contribution >= 0.6 is 11.6 Å². The van der Waals surface area contributed by atoms with E-state index in [4.69, 9.17) is 17.3 Å². The Kier molecular flexibility index (Phi) is 3.40. The van der Waals surface area contributed by atoms with E-state index in [9.17, 15) is 0 Å². The van der Waals surface area contributed by atoms with E-state index in [1.165, 1.54) is 0 Å². The molecule has 98 valence electrons. The van der Waals surface area contributed by atoms with Gasteiger partial charge < -0.3 is 5.73 Å². The summed E-state index contributed by atoms with van der Waals surface area (Å²) < 4.78 is 0. The molecule has 0 aromatic heterocycles. The first kappa shape index (κ1) is 12.7. The molecule has 0 radical (unpaired) electrons. The van der Waals surface area contributed by atoms with Crippen molar-refractivity contribution < 1.29 is 0 Å². The Morgan fingerprint density at radius 3 is 2.35 bits per heavy atom. The highest BCUT2D eigenvalue weighted by Crippen LogP contribution is 2.26. The van der Waals surface area contributed by atoms with Crippen molar-refractivity contribution in [1.29, 1.82) is 0 Å². The lowest BCUT2D eigenvalue weighted by atomic mass is 10.1. The molecular formula is C17H13ClN2. The molecule has 3 rings (SSSR count). The molecule has 0 aliphatic heterocycles. The summed E-state index contributed by atoms with van der Waals surface area (Å²) in [4.78, 5) is 4.54. The molecule has 3 heteroatoms. The Bertz CT molecular complexity index is 771. The fourth-order valence-electron chi connectivity index (χ4n) is 2.12. The zero-order chi connectivity index (χ0) is 13.9. The molecule has 0 heterocycles. The summed E-state index contributed by atoms with van der Waals surface area (Å²) in [5.41, 5.74) is 7.81. The molecule has 0 saturated carbocycles. The Labute approximate surface area is 122 Å². The highest BCUT2D eigenvalue weighted by Gasteiger charge is 2.02. The van der Waals surface area contributed by atoms with Crippen LogP contribution < -0.4 is 5.73 Å². The van der Waals surface area contributed by atoms with Gasteiger partial charge in [0.25, 0.3) is 0 Å². The minimum Gasteiger partial charge on any atom is -0.383 e. The van der Waals surface area contributed by atoms with Crippen molar-refractivity contribution in [3.8, 4) is 0 Å². The van der Waals surface area contributed by atoms with Gasteiger partial charge in [0.1, 0.15) is 5.84 Å². The van der Waals surface area contributed by atoms with Crippen molar-refractivity contribution in [3.05, 3.63) is 77.3 Å². The van der Waals surface area contributed by atoms with Crippen LogP contribution in [0.25, 0.3) is 10.8 Å². The summed E-state index contributed by atoms with van der Waals surface area (Å²) in [6.07, 6.45) is 0. The largest absolute Gasteiger partial charge is 0.383 e. The Balaban J connectivity index is 2.07. The quantitative estimate of drug-likeness (QED) is 0.543. The third-order valence-electron chi connectivity index (χ3n) is 3.15. The second kappa shape index (κ2) is 5.35. The maximum Gasteiger partial charge on any atom is 0.131 e. The van der Waals surface area contributed by atoms with Gasteiger partial charge in [0.05, 0.1) is 5.69 Å². The van der Waals surface area contributed by atoms with Crippen molar-refractivity contribution in [1.82, 2.24) is 0 Å². The third-order valence-corrected chi connectivity index (χ3v) is 3.40. The van der Waals surface area contributed by atoms with Gasteiger partial charge in [-0.15, -0.1) is 0 Å². The molecule has 2 N–H and O–H groups in total. The lowest BCUT2D eigenvalue weighted by molar-refractivity contribution is 1.47. The number of nitrogens with two attached hydrogens (primary N) is 1. The number of hydrogen-bond acceptors (Lipinski definition) is 1. The van der Waals surface area contributed by atoms with Crippen LogP contribution in [-0.2, 0) is 0 Å². The molecule has 2 nitrogen and oxygen atoms in total. The SMILES string of the molecule is NC(=Nc1cccc2ccccc12)c1ccc(Cl)cc1. The molecule has 0 saturated heterocycles. The zero-order valence-corrected chi connectivity index (χ0v) is 11.5. The van der Waals surface area contributed by atoms with Crippen LogP contribution in [-0.4, -0.2) is 5.84 Å². The standard InChI is InChI=1S/C17H13ClN2/c18-14-10-8-13(9-11-14)17(19)20-16-7-3-5-12-4-1-2-6-15(12)16/h1-11H,(H2,19,20). The molecule has 0 bridgehead atoms. The van der Waals surface area contributed by atoms with E-state index in [2.05, 4.69) is 17.1 Å².